The van der Waals surface area contributed by atoms with Crippen LogP contribution in [-0.2, 0) is 6.42 Å². The molecule has 0 spiro atoms. The Kier molecular flexibility index (Phi) is 4.32. The Morgan fingerprint density at radius 3 is 2.67 bits per heavy atom. The lowest BCUT2D eigenvalue weighted by atomic mass is 9.96. The van der Waals surface area contributed by atoms with E-state index in [1.807, 2.05) is 6.20 Å². The van der Waals surface area contributed by atoms with Crippen molar-refractivity contribution in [3.63, 3.8) is 0 Å². The van der Waals surface area contributed by atoms with Gasteiger partial charge in [-0.3, -0.25) is 4.98 Å². The van der Waals surface area contributed by atoms with E-state index in [1.54, 1.807) is 0 Å². The molecule has 0 aliphatic carbocycles. The minimum absolute atomic E-state index is 0.494. The van der Waals surface area contributed by atoms with Gasteiger partial charge in [-0.05, 0) is 23.9 Å². The molecular weight excluding hydrogens is 220 g/mol. The summed E-state index contributed by atoms with van der Waals surface area (Å²) in [5.74, 6) is 0.616. The zero-order chi connectivity index (χ0) is 13.0. The highest BCUT2D eigenvalue weighted by molar-refractivity contribution is 5.84. The first kappa shape index (κ1) is 13.0. The van der Waals surface area contributed by atoms with Gasteiger partial charge in [0.05, 0.1) is 0 Å². The summed E-state index contributed by atoms with van der Waals surface area (Å²) in [6.07, 6.45) is 2.91. The summed E-state index contributed by atoms with van der Waals surface area (Å²) in [7, 11) is 0. The predicted molar refractivity (Wildman–Crippen MR) is 77.7 cm³/mol. The Morgan fingerprint density at radius 1 is 1.17 bits per heavy atom. The Bertz CT molecular complexity index is 500. The van der Waals surface area contributed by atoms with Crippen LogP contribution < -0.4 is 5.32 Å². The van der Waals surface area contributed by atoms with Crippen molar-refractivity contribution in [3.05, 3.63) is 42.2 Å². The Balaban J connectivity index is 2.30. The lowest BCUT2D eigenvalue weighted by Crippen LogP contribution is -2.35. The van der Waals surface area contributed by atoms with Crippen molar-refractivity contribution in [2.45, 2.75) is 33.2 Å². The van der Waals surface area contributed by atoms with E-state index < -0.39 is 0 Å². The van der Waals surface area contributed by atoms with Crippen LogP contribution >= 0.6 is 0 Å². The zero-order valence-corrected chi connectivity index (χ0v) is 11.5. The van der Waals surface area contributed by atoms with Gasteiger partial charge in [0, 0.05) is 29.7 Å². The molecule has 2 heteroatoms. The van der Waals surface area contributed by atoms with Crippen LogP contribution in [0.4, 0.5) is 0 Å². The molecule has 0 aliphatic heterocycles. The maximum atomic E-state index is 4.57. The molecule has 0 amide bonds. The monoisotopic (exact) mass is 242 g/mol. The number of aromatic nitrogens is 1. The van der Waals surface area contributed by atoms with Gasteiger partial charge in [0.2, 0.25) is 0 Å². The highest BCUT2D eigenvalue weighted by Crippen LogP contribution is 2.19. The van der Waals surface area contributed by atoms with Crippen molar-refractivity contribution in [2.75, 3.05) is 6.54 Å². The number of nitrogens with zero attached hydrogens (tertiary/aromatic N) is 1. The third kappa shape index (κ3) is 2.88. The first-order chi connectivity index (χ1) is 8.72. The first-order valence-electron chi connectivity index (χ1n) is 6.78. The van der Waals surface area contributed by atoms with Crippen molar-refractivity contribution in [2.24, 2.45) is 5.92 Å². The van der Waals surface area contributed by atoms with E-state index in [4.69, 9.17) is 0 Å². The second-order valence-electron chi connectivity index (χ2n) is 5.09. The van der Waals surface area contributed by atoms with E-state index in [2.05, 4.69) is 61.4 Å². The van der Waals surface area contributed by atoms with E-state index in [9.17, 15) is 0 Å². The van der Waals surface area contributed by atoms with Gasteiger partial charge in [-0.15, -0.1) is 0 Å². The van der Waals surface area contributed by atoms with E-state index in [0.29, 0.717) is 12.0 Å². The van der Waals surface area contributed by atoms with Gasteiger partial charge < -0.3 is 5.32 Å². The van der Waals surface area contributed by atoms with Crippen molar-refractivity contribution in [1.82, 2.24) is 10.3 Å². The molecule has 0 radical (unpaired) electrons. The van der Waals surface area contributed by atoms with Crippen molar-refractivity contribution in [1.29, 1.82) is 0 Å². The lowest BCUT2D eigenvalue weighted by molar-refractivity contribution is 0.403. The molecule has 96 valence electrons. The Morgan fingerprint density at radius 2 is 1.94 bits per heavy atom. The molecule has 1 aromatic heterocycles. The van der Waals surface area contributed by atoms with Gasteiger partial charge in [0.1, 0.15) is 0 Å². The van der Waals surface area contributed by atoms with Crippen LogP contribution in [0.3, 0.4) is 0 Å². The molecule has 18 heavy (non-hydrogen) atoms. The van der Waals surface area contributed by atoms with Crippen LogP contribution in [0.1, 0.15) is 26.5 Å². The number of hydrogen-bond donors (Lipinski definition) is 1. The molecule has 2 rings (SSSR count). The van der Waals surface area contributed by atoms with Gasteiger partial charge in [0.15, 0.2) is 0 Å². The first-order valence-corrected chi connectivity index (χ1v) is 6.78. The Hall–Kier alpha value is -1.41. The lowest BCUT2D eigenvalue weighted by Gasteiger charge is -2.22. The number of fused-ring (bicyclic) bond motifs is 1. The van der Waals surface area contributed by atoms with Gasteiger partial charge in [-0.2, -0.15) is 0 Å². The molecule has 0 fully saturated rings. The van der Waals surface area contributed by atoms with Crippen LogP contribution in [0.15, 0.2) is 36.5 Å². The topological polar surface area (TPSA) is 24.9 Å². The highest BCUT2D eigenvalue weighted by Gasteiger charge is 2.14. The summed E-state index contributed by atoms with van der Waals surface area (Å²) in [5, 5.41) is 6.12. The SMILES string of the molecule is CCNC(Cc1nccc2ccccc12)C(C)C. The normalized spacial score (nSPS) is 13.1. The van der Waals surface area contributed by atoms with Gasteiger partial charge >= 0.3 is 0 Å². The maximum Gasteiger partial charge on any atom is 0.0497 e. The van der Waals surface area contributed by atoms with E-state index >= 15 is 0 Å². The summed E-state index contributed by atoms with van der Waals surface area (Å²) in [5.41, 5.74) is 1.20. The minimum atomic E-state index is 0.494. The number of nitrogens with one attached hydrogen (secondary N) is 1. The molecule has 0 bridgehead atoms. The van der Waals surface area contributed by atoms with Crippen LogP contribution in [0.25, 0.3) is 10.8 Å². The van der Waals surface area contributed by atoms with Crippen LogP contribution in [0.2, 0.25) is 0 Å². The van der Waals surface area contributed by atoms with Gasteiger partial charge in [-0.1, -0.05) is 45.0 Å². The Labute approximate surface area is 109 Å². The number of hydrogen-bond acceptors (Lipinski definition) is 2. The summed E-state index contributed by atoms with van der Waals surface area (Å²) < 4.78 is 0. The predicted octanol–water partition coefficient (Wildman–Crippen LogP) is 3.41. The van der Waals surface area contributed by atoms with Gasteiger partial charge in [0.25, 0.3) is 0 Å². The van der Waals surface area contributed by atoms with Crippen LogP contribution in [0.5, 0.6) is 0 Å². The summed E-state index contributed by atoms with van der Waals surface area (Å²) >= 11 is 0. The van der Waals surface area contributed by atoms with Crippen molar-refractivity contribution < 1.29 is 0 Å². The number of likely N-dealkylation sites (N-methyl/N-ethyl adjacent to an activating group) is 1. The summed E-state index contributed by atoms with van der Waals surface area (Å²) in [6.45, 7) is 7.69. The quantitative estimate of drug-likeness (QED) is 0.869. The molecule has 0 aliphatic rings. The second-order valence-corrected chi connectivity index (χ2v) is 5.09. The smallest absolute Gasteiger partial charge is 0.0497 e. The number of pyridine rings is 1. The van der Waals surface area contributed by atoms with E-state index in [-0.39, 0.29) is 0 Å². The van der Waals surface area contributed by atoms with Crippen molar-refractivity contribution in [3.8, 4) is 0 Å². The van der Waals surface area contributed by atoms with Crippen molar-refractivity contribution >= 4 is 10.8 Å². The van der Waals surface area contributed by atoms with E-state index in [0.717, 1.165) is 13.0 Å². The molecule has 2 nitrogen and oxygen atoms in total. The zero-order valence-electron chi connectivity index (χ0n) is 11.5. The average Bonchev–Trinajstić information content (AvgIpc) is 2.38. The average molecular weight is 242 g/mol. The fraction of sp³-hybridized carbons (Fsp3) is 0.438. The molecule has 1 unspecified atom stereocenters. The van der Waals surface area contributed by atoms with E-state index in [1.165, 1.54) is 16.5 Å². The molecule has 1 atom stereocenters. The molecule has 2 aromatic rings. The largest absolute Gasteiger partial charge is 0.314 e. The third-order valence-electron chi connectivity index (χ3n) is 3.44. The maximum absolute atomic E-state index is 4.57. The standard InChI is InChI=1S/C16H22N2/c1-4-17-15(12(2)3)11-16-14-8-6-5-7-13(14)9-10-18-16/h5-10,12,15,17H,4,11H2,1-3H3. The molecule has 0 saturated heterocycles. The van der Waals surface area contributed by atoms with Crippen LogP contribution in [0, 0.1) is 5.92 Å². The fourth-order valence-corrected chi connectivity index (χ4v) is 2.36. The minimum Gasteiger partial charge on any atom is -0.314 e. The summed E-state index contributed by atoms with van der Waals surface area (Å²) in [4.78, 5) is 4.57. The molecular formula is C16H22N2. The number of benzene rings is 1. The number of rotatable bonds is 5. The fourth-order valence-electron chi connectivity index (χ4n) is 2.36. The molecule has 1 heterocycles. The highest BCUT2D eigenvalue weighted by atomic mass is 14.9. The van der Waals surface area contributed by atoms with Gasteiger partial charge in [-0.25, -0.2) is 0 Å². The van der Waals surface area contributed by atoms with Crippen LogP contribution in [-0.4, -0.2) is 17.6 Å². The summed E-state index contributed by atoms with van der Waals surface area (Å²) in [6, 6.07) is 11.1. The molecule has 1 aromatic carbocycles. The second kappa shape index (κ2) is 5.96. The molecule has 0 saturated carbocycles. The third-order valence-corrected chi connectivity index (χ3v) is 3.44. The molecule has 1 N–H and O–H groups in total.